The van der Waals surface area contributed by atoms with E-state index in [0.717, 1.165) is 85.0 Å². The van der Waals surface area contributed by atoms with E-state index < -0.39 is 5.97 Å². The molecule has 8 aromatic heterocycles. The number of hydrogen-bond acceptors (Lipinski definition) is 13. The van der Waals surface area contributed by atoms with Gasteiger partial charge in [0.2, 0.25) is 0 Å². The number of aromatic amines is 4. The number of hydroxylamine groups is 2. The summed E-state index contributed by atoms with van der Waals surface area (Å²) in [4.78, 5) is 75.7. The minimum atomic E-state index is -0.477. The molecule has 0 radical (unpaired) electrons. The van der Waals surface area contributed by atoms with Gasteiger partial charge in [0, 0.05) is 132 Å². The first-order valence-corrected chi connectivity index (χ1v) is 28.1. The number of carbonyl (C=O) groups excluding carboxylic acids is 3. The van der Waals surface area contributed by atoms with Crippen LogP contribution in [0.5, 0.6) is 0 Å². The lowest BCUT2D eigenvalue weighted by Crippen LogP contribution is -2.18. The first kappa shape index (κ1) is 60.0. The average molecular weight is 1150 g/mol. The molecular weight excluding hydrogens is 1080 g/mol. The van der Waals surface area contributed by atoms with Crippen LogP contribution in [-0.4, -0.2) is 92.1 Å². The summed E-state index contributed by atoms with van der Waals surface area (Å²) in [6.07, 6.45) is 18.9. The lowest BCUT2D eigenvalue weighted by atomic mass is 9.91. The van der Waals surface area contributed by atoms with Gasteiger partial charge in [-0.2, -0.15) is 11.0 Å². The Hall–Kier alpha value is -10.6. The number of ether oxygens (including phenoxy) is 1. The van der Waals surface area contributed by atoms with Gasteiger partial charge >= 0.3 is 17.9 Å². The molecule has 8 heterocycles. The highest BCUT2D eigenvalue weighted by Gasteiger charge is 2.22. The molecule has 0 saturated heterocycles. The van der Waals surface area contributed by atoms with Gasteiger partial charge in [0.05, 0.1) is 24.4 Å². The van der Waals surface area contributed by atoms with Crippen LogP contribution >= 0.6 is 0 Å². The van der Waals surface area contributed by atoms with Gasteiger partial charge < -0.3 is 39.7 Å². The van der Waals surface area contributed by atoms with E-state index in [4.69, 9.17) is 14.4 Å². The minimum absolute atomic E-state index is 0.144. The zero-order valence-corrected chi connectivity index (χ0v) is 48.2. The molecule has 0 saturated carbocycles. The normalized spacial score (nSPS) is 12.0. The van der Waals surface area contributed by atoms with Crippen LogP contribution in [0.4, 0.5) is 0 Å². The summed E-state index contributed by atoms with van der Waals surface area (Å²) >= 11 is 0. The lowest BCUT2D eigenvalue weighted by Gasteiger charge is -2.17. The van der Waals surface area contributed by atoms with E-state index in [0.29, 0.717) is 23.8 Å². The number of nitrogens with zero attached hydrogens (tertiary/aromatic N) is 4. The molecule has 434 valence electrons. The van der Waals surface area contributed by atoms with Crippen molar-refractivity contribution in [3.63, 3.8) is 0 Å². The molecule has 12 aromatic rings. The fourth-order valence-electron chi connectivity index (χ4n) is 9.85. The van der Waals surface area contributed by atoms with Crippen molar-refractivity contribution in [1.82, 2.24) is 56.1 Å². The lowest BCUT2D eigenvalue weighted by molar-refractivity contribution is -0.150. The van der Waals surface area contributed by atoms with Gasteiger partial charge in [-0.15, -0.1) is 0 Å². The van der Waals surface area contributed by atoms with Gasteiger partial charge in [-0.25, -0.2) is 9.59 Å². The minimum Gasteiger partial charge on any atom is -0.463 e. The molecule has 2 unspecified atom stereocenters. The Balaban J connectivity index is 0.000000137. The Kier molecular flexibility index (Phi) is 21.4. The van der Waals surface area contributed by atoms with E-state index in [1.54, 1.807) is 32.6 Å². The number of aromatic nitrogens is 8. The van der Waals surface area contributed by atoms with Crippen molar-refractivity contribution in [3.8, 4) is 0 Å². The summed E-state index contributed by atoms with van der Waals surface area (Å²) in [7, 11) is 5.10. The summed E-state index contributed by atoms with van der Waals surface area (Å²) in [5.41, 5.74) is 18.1. The Morgan fingerprint density at radius 1 is 0.477 bits per heavy atom. The van der Waals surface area contributed by atoms with Crippen molar-refractivity contribution >= 4 is 72.7 Å². The van der Waals surface area contributed by atoms with Crippen LogP contribution in [0.25, 0.3) is 54.8 Å². The van der Waals surface area contributed by atoms with Crippen molar-refractivity contribution in [1.29, 1.82) is 0 Å². The van der Waals surface area contributed by atoms with Crippen molar-refractivity contribution < 1.29 is 28.8 Å². The number of carbonyl (C=O) groups is 3. The third-order valence-corrected chi connectivity index (χ3v) is 13.9. The molecule has 0 fully saturated rings. The second-order valence-electron chi connectivity index (χ2n) is 19.5. The third-order valence-electron chi connectivity index (χ3n) is 13.9. The number of benzene rings is 4. The van der Waals surface area contributed by atoms with Gasteiger partial charge in [0.15, 0.2) is 0 Å². The van der Waals surface area contributed by atoms with Crippen LogP contribution in [0.2, 0.25) is 0 Å². The molecule has 0 aliphatic carbocycles. The second-order valence-corrected chi connectivity index (χ2v) is 19.5. The van der Waals surface area contributed by atoms with Crippen molar-refractivity contribution in [3.05, 3.63) is 277 Å². The van der Waals surface area contributed by atoms with E-state index >= 15 is 0 Å². The number of nitrogens with one attached hydrogen (secondary N) is 7. The largest absolute Gasteiger partial charge is 0.463 e. The molecule has 0 aliphatic heterocycles. The number of hydrogen-bond donors (Lipinski definition) is 7. The summed E-state index contributed by atoms with van der Waals surface area (Å²) in [6.45, 7) is 3.11. The molecule has 0 bridgehead atoms. The highest BCUT2D eigenvalue weighted by Crippen LogP contribution is 2.32. The molecule has 12 rings (SSSR count). The first-order valence-electron chi connectivity index (χ1n) is 28.1. The van der Waals surface area contributed by atoms with E-state index in [9.17, 15) is 14.4 Å². The zero-order valence-electron chi connectivity index (χ0n) is 48.2. The highest BCUT2D eigenvalue weighted by molar-refractivity contribution is 5.98. The van der Waals surface area contributed by atoms with Crippen molar-refractivity contribution in [2.45, 2.75) is 31.6 Å². The number of H-pyrrole nitrogens is 4. The summed E-state index contributed by atoms with van der Waals surface area (Å²) in [5, 5.41) is 7.86. The quantitative estimate of drug-likeness (QED) is 0.0184. The predicted octanol–water partition coefficient (Wildman–Crippen LogP) is 12.3. The van der Waals surface area contributed by atoms with Gasteiger partial charge in [-0.1, -0.05) is 72.8 Å². The maximum absolute atomic E-state index is 11.9. The zero-order chi connectivity index (χ0) is 59.9. The average Bonchev–Trinajstić information content (AvgIpc) is 3.53. The fourth-order valence-corrected chi connectivity index (χ4v) is 9.85. The topological polar surface area (TPSA) is 230 Å². The molecule has 4 aromatic carbocycles. The monoisotopic (exact) mass is 1150 g/mol. The Morgan fingerprint density at radius 2 is 0.907 bits per heavy atom. The molecule has 86 heavy (non-hydrogen) atoms. The number of rotatable bonds is 18. The molecule has 17 heteroatoms. The molecule has 0 aliphatic rings. The molecule has 2 atom stereocenters. The molecule has 7 N–H and O–H groups in total. The number of esters is 1. The second kappa shape index (κ2) is 30.6. The molecule has 0 spiro atoms. The van der Waals surface area contributed by atoms with Crippen LogP contribution in [-0.2, 0) is 28.8 Å². The van der Waals surface area contributed by atoms with Gasteiger partial charge in [0.25, 0.3) is 0 Å². The van der Waals surface area contributed by atoms with Crippen molar-refractivity contribution in [2.75, 3.05) is 34.3 Å². The Morgan fingerprint density at radius 3 is 1.34 bits per heavy atom. The molecule has 0 amide bonds. The van der Waals surface area contributed by atoms with Crippen LogP contribution in [0.15, 0.2) is 232 Å². The van der Waals surface area contributed by atoms with Gasteiger partial charge in [-0.05, 0) is 168 Å². The summed E-state index contributed by atoms with van der Waals surface area (Å²) in [5.74, 6) is -0.972. The fraction of sp³-hybridized carbons (Fsp3) is 0.145. The Bertz CT molecular complexity index is 4020. The van der Waals surface area contributed by atoms with E-state index in [-0.39, 0.29) is 24.3 Å². The van der Waals surface area contributed by atoms with E-state index in [1.165, 1.54) is 35.7 Å². The summed E-state index contributed by atoms with van der Waals surface area (Å²) in [6, 6.07) is 55.9. The highest BCUT2D eigenvalue weighted by atomic mass is 16.7. The van der Waals surface area contributed by atoms with E-state index in [2.05, 4.69) is 98.6 Å². The van der Waals surface area contributed by atoms with Crippen LogP contribution in [0.3, 0.4) is 0 Å². The maximum atomic E-state index is 11.9. The first-order chi connectivity index (χ1) is 42.2. The standard InChI is InChI=1S/C18H16N2O2.C17H17N3O2.C17H15N3O2.C17H19N3/c1-2-22-18(21)12-15(16-5-3-4-9-19-16)14-7-6-13-8-10-20-17(13)11-14;2*1-18-22-17(21)11-14(15-4-2-3-8-19-15)13-6-5-12-7-9-20-16(12)10-13;1-18-10-8-15(16-4-2-3-9-19-16)14-6-5-13-7-11-20-17(13)12-14/h3-12,20H,2H2,1H3;2-10,14,18,20H,11H2,1H3;2-11,18,20H,1H3;2-7,9,11-12,15,18,20H,8,10H2,1H3/b;;14-11-;. The maximum Gasteiger partial charge on any atom is 0.350 e. The van der Waals surface area contributed by atoms with Crippen LogP contribution in [0.1, 0.15) is 76.6 Å². The van der Waals surface area contributed by atoms with Crippen molar-refractivity contribution in [2.24, 2.45) is 0 Å². The summed E-state index contributed by atoms with van der Waals surface area (Å²) < 4.78 is 5.04. The number of pyridine rings is 4. The number of fused-ring (bicyclic) bond motifs is 4. The van der Waals surface area contributed by atoms with Gasteiger partial charge in [-0.3, -0.25) is 24.7 Å². The smallest absolute Gasteiger partial charge is 0.350 e. The predicted molar refractivity (Wildman–Crippen MR) is 338 cm³/mol. The van der Waals surface area contributed by atoms with Gasteiger partial charge in [0.1, 0.15) is 0 Å². The van der Waals surface area contributed by atoms with Crippen LogP contribution in [0, 0.1) is 0 Å². The SMILES string of the molecule is CCOC(=O)C=C(c1ccc2cc[nH]c2c1)c1ccccn1.CNCCC(c1ccc2cc[nH]c2c1)c1ccccn1.CNOC(=O)/C=C(/c1ccc2cc[nH]c2c1)c1ccccn1.CNOC(=O)CC(c1ccc2cc[nH]c2c1)c1ccccn1. The third kappa shape index (κ3) is 16.1. The van der Waals surface area contributed by atoms with E-state index in [1.807, 2.05) is 165 Å². The molecule has 17 nitrogen and oxygen atoms in total. The molecular formula is C69H67N11O6. The Labute approximate surface area is 497 Å². The van der Waals surface area contributed by atoms with Crippen LogP contribution < -0.4 is 16.3 Å².